The van der Waals surface area contributed by atoms with E-state index < -0.39 is 0 Å². The number of nitrogens with two attached hydrogens (primary N) is 1. The quantitative estimate of drug-likeness (QED) is 0.840. The van der Waals surface area contributed by atoms with Crippen molar-refractivity contribution in [2.24, 2.45) is 5.73 Å². The molecule has 1 fully saturated rings. The van der Waals surface area contributed by atoms with Gasteiger partial charge in [-0.15, -0.1) is 0 Å². The number of para-hydroxylation sites is 1. The van der Waals surface area contributed by atoms with Gasteiger partial charge >= 0.3 is 7.12 Å². The molecule has 0 saturated carbocycles. The highest BCUT2D eigenvalue weighted by molar-refractivity contribution is 6.47. The van der Waals surface area contributed by atoms with Crippen LogP contribution in [-0.4, -0.2) is 30.9 Å². The predicted octanol–water partition coefficient (Wildman–Crippen LogP) is 2.41. The molecule has 1 aliphatic heterocycles. The predicted molar refractivity (Wildman–Crippen MR) is 80.6 cm³/mol. The van der Waals surface area contributed by atoms with Crippen LogP contribution in [0.4, 0.5) is 0 Å². The van der Waals surface area contributed by atoms with Crippen LogP contribution in [0.5, 0.6) is 5.75 Å². The second-order valence-electron chi connectivity index (χ2n) is 6.24. The molecule has 5 heteroatoms. The Morgan fingerprint density at radius 3 is 2.20 bits per heavy atom. The van der Waals surface area contributed by atoms with Gasteiger partial charge in [0.05, 0.1) is 17.8 Å². The normalized spacial score (nSPS) is 21.8. The lowest BCUT2D eigenvalue weighted by molar-refractivity contribution is 0.00578. The van der Waals surface area contributed by atoms with Gasteiger partial charge in [0, 0.05) is 5.94 Å². The van der Waals surface area contributed by atoms with Gasteiger partial charge in [-0.25, -0.2) is 0 Å². The molecular weight excluding hydrogens is 253 g/mol. The van der Waals surface area contributed by atoms with Gasteiger partial charge in [0.1, 0.15) is 5.75 Å². The van der Waals surface area contributed by atoms with Crippen molar-refractivity contribution >= 4 is 7.12 Å². The first-order valence-electron chi connectivity index (χ1n) is 7.11. The second kappa shape index (κ2) is 5.76. The second-order valence-corrected chi connectivity index (χ2v) is 6.24. The summed E-state index contributed by atoms with van der Waals surface area (Å²) in [5.41, 5.74) is 5.48. The maximum absolute atomic E-state index is 6.16. The molecule has 1 aliphatic rings. The Bertz CT molecular complexity index is 420. The van der Waals surface area contributed by atoms with E-state index in [-0.39, 0.29) is 24.3 Å². The van der Waals surface area contributed by atoms with Gasteiger partial charge in [-0.1, -0.05) is 18.2 Å². The molecule has 0 radical (unpaired) electrons. The fourth-order valence-electron chi connectivity index (χ4n) is 2.03. The van der Waals surface area contributed by atoms with E-state index in [2.05, 4.69) is 0 Å². The Morgan fingerprint density at radius 1 is 1.10 bits per heavy atom. The van der Waals surface area contributed by atoms with Gasteiger partial charge < -0.3 is 19.8 Å². The molecule has 2 rings (SSSR count). The Labute approximate surface area is 121 Å². The van der Waals surface area contributed by atoms with E-state index in [0.29, 0.717) is 13.0 Å². The van der Waals surface area contributed by atoms with Crippen LogP contribution in [0.3, 0.4) is 0 Å². The van der Waals surface area contributed by atoms with E-state index >= 15 is 0 Å². The highest BCUT2D eigenvalue weighted by Gasteiger charge is 2.52. The first kappa shape index (κ1) is 15.4. The first-order chi connectivity index (χ1) is 9.32. The lowest BCUT2D eigenvalue weighted by atomic mass is 9.77. The first-order valence-corrected chi connectivity index (χ1v) is 7.11. The number of benzene rings is 1. The third-order valence-electron chi connectivity index (χ3n) is 4.08. The maximum atomic E-state index is 6.16. The van der Waals surface area contributed by atoms with Crippen molar-refractivity contribution in [2.75, 3.05) is 6.61 Å². The molecule has 1 atom stereocenters. The SMILES string of the molecule is CC1(C)OB([C@@H](N)CCOc2ccccc2)OC1(C)C. The van der Waals surface area contributed by atoms with Crippen molar-refractivity contribution < 1.29 is 14.0 Å². The minimum atomic E-state index is -0.376. The van der Waals surface area contributed by atoms with Crippen LogP contribution in [0, 0.1) is 0 Å². The topological polar surface area (TPSA) is 53.7 Å². The number of hydrogen-bond acceptors (Lipinski definition) is 4. The van der Waals surface area contributed by atoms with Crippen molar-refractivity contribution in [3.63, 3.8) is 0 Å². The van der Waals surface area contributed by atoms with Crippen LogP contribution in [0.15, 0.2) is 30.3 Å². The molecule has 0 aromatic heterocycles. The van der Waals surface area contributed by atoms with Gasteiger partial charge in [-0.3, -0.25) is 0 Å². The molecule has 0 spiro atoms. The van der Waals surface area contributed by atoms with Crippen molar-refractivity contribution in [1.29, 1.82) is 0 Å². The Kier molecular flexibility index (Phi) is 4.42. The Balaban J connectivity index is 1.80. The van der Waals surface area contributed by atoms with Crippen LogP contribution < -0.4 is 10.5 Å². The van der Waals surface area contributed by atoms with Crippen molar-refractivity contribution in [1.82, 2.24) is 0 Å². The van der Waals surface area contributed by atoms with E-state index in [1.807, 2.05) is 58.0 Å². The highest BCUT2D eigenvalue weighted by Crippen LogP contribution is 2.37. The van der Waals surface area contributed by atoms with Crippen molar-refractivity contribution in [3.05, 3.63) is 30.3 Å². The molecule has 0 amide bonds. The molecule has 4 nitrogen and oxygen atoms in total. The summed E-state index contributed by atoms with van der Waals surface area (Å²) in [4.78, 5) is 0. The third kappa shape index (κ3) is 3.34. The van der Waals surface area contributed by atoms with Crippen LogP contribution >= 0.6 is 0 Å². The van der Waals surface area contributed by atoms with Crippen molar-refractivity contribution in [3.8, 4) is 5.75 Å². The van der Waals surface area contributed by atoms with Crippen LogP contribution in [-0.2, 0) is 9.31 Å². The molecule has 1 aromatic carbocycles. The van der Waals surface area contributed by atoms with E-state index in [1.54, 1.807) is 0 Å². The largest absolute Gasteiger partial charge is 0.494 e. The summed E-state index contributed by atoms with van der Waals surface area (Å²) in [6.07, 6.45) is 0.686. The maximum Gasteiger partial charge on any atom is 0.475 e. The lowest BCUT2D eigenvalue weighted by Crippen LogP contribution is -2.42. The summed E-state index contributed by atoms with van der Waals surface area (Å²) < 4.78 is 17.5. The molecule has 0 aliphatic carbocycles. The minimum Gasteiger partial charge on any atom is -0.494 e. The molecule has 20 heavy (non-hydrogen) atoms. The molecule has 110 valence electrons. The molecule has 1 saturated heterocycles. The third-order valence-corrected chi connectivity index (χ3v) is 4.08. The molecule has 0 unspecified atom stereocenters. The average Bonchev–Trinajstić information content (AvgIpc) is 2.60. The van der Waals surface area contributed by atoms with Gasteiger partial charge in [0.2, 0.25) is 0 Å². The van der Waals surface area contributed by atoms with Gasteiger partial charge in [-0.2, -0.15) is 0 Å². The fourth-order valence-corrected chi connectivity index (χ4v) is 2.03. The molecule has 1 aromatic rings. The van der Waals surface area contributed by atoms with Crippen LogP contribution in [0.1, 0.15) is 34.1 Å². The highest BCUT2D eigenvalue weighted by atomic mass is 16.7. The van der Waals surface area contributed by atoms with Gasteiger partial charge in [-0.05, 0) is 46.2 Å². The number of rotatable bonds is 5. The zero-order chi connectivity index (χ0) is 14.8. The zero-order valence-corrected chi connectivity index (χ0v) is 12.8. The lowest BCUT2D eigenvalue weighted by Gasteiger charge is -2.32. The summed E-state index contributed by atoms with van der Waals surface area (Å²) in [6.45, 7) is 8.66. The standard InChI is InChI=1S/C15H24BNO3/c1-14(2)15(3,4)20-16(19-14)13(17)10-11-18-12-8-6-5-7-9-12/h5-9,13H,10-11,17H2,1-4H3/t13-/m0/s1. The van der Waals surface area contributed by atoms with Gasteiger partial charge in [0.15, 0.2) is 0 Å². The molecular formula is C15H24BNO3. The summed E-state index contributed by atoms with van der Waals surface area (Å²) in [6, 6.07) is 9.72. The van der Waals surface area contributed by atoms with Crippen LogP contribution in [0.25, 0.3) is 0 Å². The Hall–Kier alpha value is -1.04. The molecule has 2 N–H and O–H groups in total. The van der Waals surface area contributed by atoms with E-state index in [4.69, 9.17) is 19.8 Å². The minimum absolute atomic E-state index is 0.195. The smallest absolute Gasteiger partial charge is 0.475 e. The number of ether oxygens (including phenoxy) is 1. The van der Waals surface area contributed by atoms with Gasteiger partial charge in [0.25, 0.3) is 0 Å². The molecule has 0 bridgehead atoms. The van der Waals surface area contributed by atoms with Crippen molar-refractivity contribution in [2.45, 2.75) is 51.3 Å². The number of hydrogen-bond donors (Lipinski definition) is 1. The summed E-state index contributed by atoms with van der Waals surface area (Å²) >= 11 is 0. The van der Waals surface area contributed by atoms with Crippen LogP contribution in [0.2, 0.25) is 0 Å². The van der Waals surface area contributed by atoms with E-state index in [9.17, 15) is 0 Å². The summed E-state index contributed by atoms with van der Waals surface area (Å²) in [5.74, 6) is 0.661. The fraction of sp³-hybridized carbons (Fsp3) is 0.600. The van der Waals surface area contributed by atoms with E-state index in [1.165, 1.54) is 0 Å². The summed E-state index contributed by atoms with van der Waals surface area (Å²) in [5, 5.41) is 0. The zero-order valence-electron chi connectivity index (χ0n) is 12.8. The molecule has 1 heterocycles. The monoisotopic (exact) mass is 277 g/mol. The van der Waals surface area contributed by atoms with E-state index in [0.717, 1.165) is 5.75 Å². The Morgan fingerprint density at radius 2 is 1.65 bits per heavy atom. The average molecular weight is 277 g/mol. The summed E-state index contributed by atoms with van der Waals surface area (Å²) in [7, 11) is -0.376.